The molecule has 0 aliphatic carbocycles. The maximum atomic E-state index is 7.19. The second-order valence-corrected chi connectivity index (χ2v) is 2.00. The van der Waals surface area contributed by atoms with E-state index in [0.717, 1.165) is 0 Å². The highest BCUT2D eigenvalue weighted by atomic mass is 14.7. The molecule has 8 heavy (non-hydrogen) atoms. The summed E-state index contributed by atoms with van der Waals surface area (Å²) in [5.74, 6) is 0.304. The number of nitrogens with one attached hydrogen (secondary N) is 1. The summed E-state index contributed by atoms with van der Waals surface area (Å²) >= 11 is 0. The molecule has 0 radical (unpaired) electrons. The van der Waals surface area contributed by atoms with Crippen LogP contribution in [0.1, 0.15) is 13.8 Å². The van der Waals surface area contributed by atoms with E-state index < -0.39 is 0 Å². The van der Waals surface area contributed by atoms with Crippen LogP contribution in [-0.2, 0) is 0 Å². The molecule has 0 bridgehead atoms. The van der Waals surface area contributed by atoms with E-state index in [0.29, 0.717) is 11.6 Å². The fraction of sp³-hybridized carbons (Fsp3) is 0.667. The zero-order valence-electron chi connectivity index (χ0n) is 5.60. The zero-order valence-corrected chi connectivity index (χ0v) is 5.60. The maximum Gasteiger partial charge on any atom is 0.0517 e. The van der Waals surface area contributed by atoms with Gasteiger partial charge in [-0.15, -0.1) is 0 Å². The lowest BCUT2D eigenvalue weighted by atomic mass is 10.1. The lowest BCUT2D eigenvalue weighted by molar-refractivity contribution is 0.889. The van der Waals surface area contributed by atoms with Crippen molar-refractivity contribution in [2.75, 3.05) is 7.05 Å². The van der Waals surface area contributed by atoms with Gasteiger partial charge in [-0.05, 0) is 5.92 Å². The van der Waals surface area contributed by atoms with Gasteiger partial charge in [0.2, 0.25) is 0 Å². The molecule has 0 heterocycles. The molecular formula is C6H12N2. The summed E-state index contributed by atoms with van der Waals surface area (Å²) in [5.41, 5.74) is 0.590. The number of hydrogen-bond donors (Lipinski definition) is 1. The quantitative estimate of drug-likeness (QED) is 0.524. The Bertz CT molecular complexity index is 103. The topological polar surface area (TPSA) is 36.2 Å². The van der Waals surface area contributed by atoms with Gasteiger partial charge in [0.05, 0.1) is 5.71 Å². The first-order chi connectivity index (χ1) is 3.68. The molecule has 0 aromatic heterocycles. The third kappa shape index (κ3) is 2.50. The molecule has 0 atom stereocenters. The van der Waals surface area contributed by atoms with Crippen LogP contribution in [0.4, 0.5) is 0 Å². The Morgan fingerprint density at radius 3 is 2.25 bits per heavy atom. The first-order valence-corrected chi connectivity index (χ1v) is 2.69. The second-order valence-electron chi connectivity index (χ2n) is 2.00. The Kier molecular flexibility index (Phi) is 3.08. The summed E-state index contributed by atoms with van der Waals surface area (Å²) in [7, 11) is 1.68. The van der Waals surface area contributed by atoms with Crippen molar-refractivity contribution in [3.63, 3.8) is 0 Å². The Labute approximate surface area is 50.1 Å². The van der Waals surface area contributed by atoms with Gasteiger partial charge in [0.15, 0.2) is 0 Å². The average molecular weight is 112 g/mol. The van der Waals surface area contributed by atoms with Gasteiger partial charge in [-0.2, -0.15) is 0 Å². The highest BCUT2D eigenvalue weighted by molar-refractivity contribution is 6.29. The molecule has 0 fully saturated rings. The first-order valence-electron chi connectivity index (χ1n) is 2.69. The third-order valence-electron chi connectivity index (χ3n) is 0.890. The van der Waals surface area contributed by atoms with Crippen LogP contribution in [-0.4, -0.2) is 19.0 Å². The van der Waals surface area contributed by atoms with Gasteiger partial charge >= 0.3 is 0 Å². The van der Waals surface area contributed by atoms with Crippen LogP contribution in [0.25, 0.3) is 0 Å². The molecule has 0 aromatic rings. The van der Waals surface area contributed by atoms with Gasteiger partial charge in [0, 0.05) is 13.3 Å². The lowest BCUT2D eigenvalue weighted by Crippen LogP contribution is -2.06. The van der Waals surface area contributed by atoms with E-state index in [1.807, 2.05) is 13.8 Å². The van der Waals surface area contributed by atoms with E-state index in [4.69, 9.17) is 5.41 Å². The average Bonchev–Trinajstić information content (AvgIpc) is 1.67. The van der Waals surface area contributed by atoms with Crippen LogP contribution >= 0.6 is 0 Å². The van der Waals surface area contributed by atoms with Gasteiger partial charge in [-0.3, -0.25) is 4.99 Å². The SMILES string of the molecule is C/N=C\C(=N)C(C)C. The molecule has 0 saturated heterocycles. The Morgan fingerprint density at radius 2 is 2.12 bits per heavy atom. The van der Waals surface area contributed by atoms with Gasteiger partial charge in [0.25, 0.3) is 0 Å². The Hall–Kier alpha value is -0.660. The Balaban J connectivity index is 3.66. The molecule has 0 amide bonds. The minimum atomic E-state index is 0.304. The van der Waals surface area contributed by atoms with Gasteiger partial charge in [0.1, 0.15) is 0 Å². The molecule has 0 aliphatic rings. The van der Waals surface area contributed by atoms with Crippen LogP contribution in [0.15, 0.2) is 4.99 Å². The molecule has 0 aromatic carbocycles. The minimum absolute atomic E-state index is 0.304. The molecule has 0 aliphatic heterocycles. The molecule has 2 nitrogen and oxygen atoms in total. The third-order valence-corrected chi connectivity index (χ3v) is 0.890. The summed E-state index contributed by atoms with van der Waals surface area (Å²) in [4.78, 5) is 3.71. The van der Waals surface area contributed by atoms with E-state index in [9.17, 15) is 0 Å². The summed E-state index contributed by atoms with van der Waals surface area (Å²) in [5, 5.41) is 7.19. The van der Waals surface area contributed by atoms with E-state index in [2.05, 4.69) is 4.99 Å². The molecule has 1 N–H and O–H groups in total. The maximum absolute atomic E-state index is 7.19. The fourth-order valence-corrected chi connectivity index (χ4v) is 0.288. The number of nitrogens with zero attached hydrogens (tertiary/aromatic N) is 1. The standard InChI is InChI=1S/C6H12N2/c1-5(2)6(7)4-8-3/h4-5,7H,1-3H3/b7-6?,8-4-. The molecule has 0 saturated carbocycles. The van der Waals surface area contributed by atoms with Crippen molar-refractivity contribution in [2.24, 2.45) is 10.9 Å². The van der Waals surface area contributed by atoms with Crippen LogP contribution in [0.5, 0.6) is 0 Å². The van der Waals surface area contributed by atoms with Crippen LogP contribution < -0.4 is 0 Å². The summed E-state index contributed by atoms with van der Waals surface area (Å²) < 4.78 is 0. The molecule has 2 heteroatoms. The minimum Gasteiger partial charge on any atom is -0.303 e. The number of rotatable bonds is 2. The van der Waals surface area contributed by atoms with Crippen molar-refractivity contribution in [1.29, 1.82) is 5.41 Å². The van der Waals surface area contributed by atoms with Crippen LogP contribution in [0.2, 0.25) is 0 Å². The van der Waals surface area contributed by atoms with Crippen molar-refractivity contribution in [3.05, 3.63) is 0 Å². The van der Waals surface area contributed by atoms with Gasteiger partial charge in [-0.1, -0.05) is 13.8 Å². The predicted octanol–water partition coefficient (Wildman–Crippen LogP) is 1.36. The largest absolute Gasteiger partial charge is 0.303 e. The van der Waals surface area contributed by atoms with Crippen molar-refractivity contribution >= 4 is 11.9 Å². The van der Waals surface area contributed by atoms with Crippen molar-refractivity contribution < 1.29 is 0 Å². The highest BCUT2D eigenvalue weighted by Gasteiger charge is 1.95. The number of hydrogen-bond acceptors (Lipinski definition) is 2. The predicted molar refractivity (Wildman–Crippen MR) is 37.0 cm³/mol. The van der Waals surface area contributed by atoms with Crippen molar-refractivity contribution in [3.8, 4) is 0 Å². The summed E-state index contributed by atoms with van der Waals surface area (Å²) in [6, 6.07) is 0. The lowest BCUT2D eigenvalue weighted by Gasteiger charge is -1.97. The van der Waals surface area contributed by atoms with Crippen molar-refractivity contribution in [1.82, 2.24) is 0 Å². The summed E-state index contributed by atoms with van der Waals surface area (Å²) in [6.45, 7) is 3.95. The van der Waals surface area contributed by atoms with E-state index in [-0.39, 0.29) is 0 Å². The first kappa shape index (κ1) is 7.34. The molecule has 0 spiro atoms. The monoisotopic (exact) mass is 112 g/mol. The Morgan fingerprint density at radius 1 is 1.62 bits per heavy atom. The summed E-state index contributed by atoms with van der Waals surface area (Å²) in [6.07, 6.45) is 1.57. The van der Waals surface area contributed by atoms with Crippen LogP contribution in [0, 0.1) is 11.3 Å². The molecular weight excluding hydrogens is 100 g/mol. The van der Waals surface area contributed by atoms with E-state index >= 15 is 0 Å². The normalized spacial score (nSPS) is 11.0. The number of aliphatic imine (C=N–C) groups is 1. The van der Waals surface area contributed by atoms with Gasteiger partial charge in [-0.25, -0.2) is 0 Å². The van der Waals surface area contributed by atoms with Gasteiger partial charge < -0.3 is 5.41 Å². The van der Waals surface area contributed by atoms with E-state index in [1.54, 1.807) is 13.3 Å². The highest BCUT2D eigenvalue weighted by Crippen LogP contribution is 1.90. The van der Waals surface area contributed by atoms with Crippen molar-refractivity contribution in [2.45, 2.75) is 13.8 Å². The van der Waals surface area contributed by atoms with Crippen LogP contribution in [0.3, 0.4) is 0 Å². The molecule has 0 rings (SSSR count). The fourth-order valence-electron chi connectivity index (χ4n) is 0.288. The second kappa shape index (κ2) is 3.36. The zero-order chi connectivity index (χ0) is 6.57. The smallest absolute Gasteiger partial charge is 0.0517 e. The van der Waals surface area contributed by atoms with E-state index in [1.165, 1.54) is 0 Å². The molecule has 46 valence electrons. The molecule has 0 unspecified atom stereocenters.